The summed E-state index contributed by atoms with van der Waals surface area (Å²) in [4.78, 5) is 33.1. The zero-order valence-corrected chi connectivity index (χ0v) is 17.0. The lowest BCUT2D eigenvalue weighted by Crippen LogP contribution is -2.40. The van der Waals surface area contributed by atoms with Crippen LogP contribution < -0.4 is 5.32 Å². The molecule has 0 spiro atoms. The van der Waals surface area contributed by atoms with Gasteiger partial charge in [-0.15, -0.1) is 11.3 Å². The van der Waals surface area contributed by atoms with Crippen molar-refractivity contribution in [2.24, 2.45) is 5.92 Å². The van der Waals surface area contributed by atoms with Crippen LogP contribution in [0.4, 0.5) is 0 Å². The molecule has 1 aliphatic carbocycles. The molecular weight excluding hydrogens is 380 g/mol. The highest BCUT2D eigenvalue weighted by atomic mass is 32.1. The molecule has 2 aromatic heterocycles. The minimum Gasteiger partial charge on any atom is -0.375 e. The topological polar surface area (TPSA) is 97.6 Å². The van der Waals surface area contributed by atoms with Crippen LogP contribution in [0.15, 0.2) is 16.7 Å². The van der Waals surface area contributed by atoms with Gasteiger partial charge in [0.2, 0.25) is 11.8 Å². The first-order valence-electron chi connectivity index (χ1n) is 9.36. The Morgan fingerprint density at radius 2 is 2.25 bits per heavy atom. The van der Waals surface area contributed by atoms with Gasteiger partial charge in [0.05, 0.1) is 10.3 Å². The Kier molecular flexibility index (Phi) is 4.96. The molecule has 1 saturated carbocycles. The SMILES string of the molecule is COCC(=O)N1C[C@@H]2C[C@@H](NC(=O)c3ccc(C)s3)C[C@]2(c2nc(C)no2)C1. The van der Waals surface area contributed by atoms with Gasteiger partial charge in [-0.3, -0.25) is 9.59 Å². The predicted molar refractivity (Wildman–Crippen MR) is 102 cm³/mol. The minimum atomic E-state index is -0.423. The highest BCUT2D eigenvalue weighted by molar-refractivity contribution is 7.13. The molecule has 1 aliphatic heterocycles. The lowest BCUT2D eigenvalue weighted by molar-refractivity contribution is -0.134. The number of hydrogen-bond acceptors (Lipinski definition) is 7. The van der Waals surface area contributed by atoms with Crippen molar-refractivity contribution in [3.63, 3.8) is 0 Å². The summed E-state index contributed by atoms with van der Waals surface area (Å²) < 4.78 is 10.5. The highest BCUT2D eigenvalue weighted by Gasteiger charge is 2.58. The number of carbonyl (C=O) groups excluding carboxylic acids is 2. The Morgan fingerprint density at radius 3 is 2.89 bits per heavy atom. The Balaban J connectivity index is 1.54. The number of likely N-dealkylation sites (tertiary alicyclic amines) is 1. The second kappa shape index (κ2) is 7.29. The number of ether oxygens (including phenoxy) is 1. The van der Waals surface area contributed by atoms with E-state index in [1.54, 1.807) is 6.92 Å². The molecule has 8 nitrogen and oxygen atoms in total. The molecule has 0 bridgehead atoms. The van der Waals surface area contributed by atoms with E-state index in [9.17, 15) is 9.59 Å². The van der Waals surface area contributed by atoms with Crippen molar-refractivity contribution in [2.75, 3.05) is 26.8 Å². The first-order chi connectivity index (χ1) is 13.4. The summed E-state index contributed by atoms with van der Waals surface area (Å²) in [5, 5.41) is 7.12. The molecule has 3 atom stereocenters. The van der Waals surface area contributed by atoms with Crippen LogP contribution in [0, 0.1) is 19.8 Å². The van der Waals surface area contributed by atoms with E-state index < -0.39 is 5.41 Å². The third-order valence-corrected chi connectivity index (χ3v) is 6.75. The summed E-state index contributed by atoms with van der Waals surface area (Å²) in [6, 6.07) is 3.81. The zero-order chi connectivity index (χ0) is 19.9. The first kappa shape index (κ1) is 19.1. The fourth-order valence-corrected chi connectivity index (χ4v) is 5.30. The molecule has 2 amide bonds. The maximum atomic E-state index is 12.6. The van der Waals surface area contributed by atoms with Gasteiger partial charge >= 0.3 is 0 Å². The fourth-order valence-electron chi connectivity index (χ4n) is 4.53. The van der Waals surface area contributed by atoms with Crippen LogP contribution in [0.1, 0.15) is 39.1 Å². The average molecular weight is 404 g/mol. The number of rotatable bonds is 5. The summed E-state index contributed by atoms with van der Waals surface area (Å²) in [6.07, 6.45) is 1.44. The molecule has 2 aliphatic rings. The molecular formula is C19H24N4O4S. The Hall–Kier alpha value is -2.26. The fraction of sp³-hybridized carbons (Fsp3) is 0.579. The third-order valence-electron chi connectivity index (χ3n) is 5.75. The van der Waals surface area contributed by atoms with Crippen LogP contribution in [-0.2, 0) is 14.9 Å². The van der Waals surface area contributed by atoms with Crippen LogP contribution >= 0.6 is 11.3 Å². The number of thiophene rings is 1. The molecule has 0 unspecified atom stereocenters. The smallest absolute Gasteiger partial charge is 0.261 e. The van der Waals surface area contributed by atoms with Gasteiger partial charge in [0, 0.05) is 31.1 Å². The van der Waals surface area contributed by atoms with Gasteiger partial charge in [-0.2, -0.15) is 4.98 Å². The number of aryl methyl sites for hydroxylation is 2. The molecule has 0 radical (unpaired) electrons. The average Bonchev–Trinajstić information content (AvgIpc) is 3.38. The number of carbonyl (C=O) groups is 2. The number of aromatic nitrogens is 2. The molecule has 4 rings (SSSR count). The van der Waals surface area contributed by atoms with E-state index in [2.05, 4.69) is 15.5 Å². The van der Waals surface area contributed by atoms with Crippen LogP contribution in [0.2, 0.25) is 0 Å². The summed E-state index contributed by atoms with van der Waals surface area (Å²) in [7, 11) is 1.52. The molecule has 0 aromatic carbocycles. The van der Waals surface area contributed by atoms with E-state index in [4.69, 9.17) is 9.26 Å². The van der Waals surface area contributed by atoms with Crippen LogP contribution in [0.3, 0.4) is 0 Å². The third kappa shape index (κ3) is 3.33. The first-order valence-corrected chi connectivity index (χ1v) is 10.2. The zero-order valence-electron chi connectivity index (χ0n) is 16.2. The van der Waals surface area contributed by atoms with Gasteiger partial charge in [-0.05, 0) is 44.7 Å². The van der Waals surface area contributed by atoms with E-state index in [-0.39, 0.29) is 30.4 Å². The van der Waals surface area contributed by atoms with Gasteiger partial charge in [0.1, 0.15) is 6.61 Å². The molecule has 2 fully saturated rings. The Bertz CT molecular complexity index is 894. The predicted octanol–water partition coefficient (Wildman–Crippen LogP) is 1.68. The van der Waals surface area contributed by atoms with Crippen LogP contribution in [-0.4, -0.2) is 59.7 Å². The van der Waals surface area contributed by atoms with Crippen molar-refractivity contribution in [2.45, 2.75) is 38.1 Å². The molecule has 2 aromatic rings. The number of nitrogens with zero attached hydrogens (tertiary/aromatic N) is 3. The van der Waals surface area contributed by atoms with E-state index >= 15 is 0 Å². The van der Waals surface area contributed by atoms with Gasteiger partial charge in [0.25, 0.3) is 5.91 Å². The van der Waals surface area contributed by atoms with Crippen molar-refractivity contribution >= 4 is 23.2 Å². The monoisotopic (exact) mass is 404 g/mol. The molecule has 150 valence electrons. The molecule has 3 heterocycles. The number of amides is 2. The molecule has 1 N–H and O–H groups in total. The number of fused-ring (bicyclic) bond motifs is 1. The molecule has 9 heteroatoms. The second-order valence-electron chi connectivity index (χ2n) is 7.73. The van der Waals surface area contributed by atoms with Crippen molar-refractivity contribution in [3.8, 4) is 0 Å². The normalized spacial score (nSPS) is 26.5. The van der Waals surface area contributed by atoms with Crippen molar-refractivity contribution < 1.29 is 18.8 Å². The van der Waals surface area contributed by atoms with Crippen LogP contribution in [0.5, 0.6) is 0 Å². The minimum absolute atomic E-state index is 0.00629. The van der Waals surface area contributed by atoms with Crippen molar-refractivity contribution in [1.29, 1.82) is 0 Å². The summed E-state index contributed by atoms with van der Waals surface area (Å²) >= 11 is 1.49. The van der Waals surface area contributed by atoms with Crippen LogP contribution in [0.25, 0.3) is 0 Å². The van der Waals surface area contributed by atoms with E-state index in [1.807, 2.05) is 24.0 Å². The standard InChI is InChI=1S/C19H24N4O4S/c1-11-4-5-15(28-11)17(25)21-14-6-13-8-23(16(24)9-26-3)10-19(13,7-14)18-20-12(2)22-27-18/h4-5,13-14H,6-10H2,1-3H3,(H,21,25)/t13-,14+,19-/m0/s1. The summed E-state index contributed by atoms with van der Waals surface area (Å²) in [5.74, 6) is 1.20. The van der Waals surface area contributed by atoms with E-state index in [0.29, 0.717) is 36.1 Å². The molecule has 1 saturated heterocycles. The largest absolute Gasteiger partial charge is 0.375 e. The Labute approximate surface area is 167 Å². The highest BCUT2D eigenvalue weighted by Crippen LogP contribution is 2.50. The van der Waals surface area contributed by atoms with Crippen molar-refractivity contribution in [3.05, 3.63) is 33.6 Å². The number of nitrogens with one attached hydrogen (secondary N) is 1. The lowest BCUT2D eigenvalue weighted by atomic mass is 9.80. The quantitative estimate of drug-likeness (QED) is 0.814. The number of methoxy groups -OCH3 is 1. The van der Waals surface area contributed by atoms with Crippen molar-refractivity contribution in [1.82, 2.24) is 20.4 Å². The lowest BCUT2D eigenvalue weighted by Gasteiger charge is -2.25. The number of hydrogen-bond donors (Lipinski definition) is 1. The van der Waals surface area contributed by atoms with E-state index in [0.717, 1.165) is 11.3 Å². The van der Waals surface area contributed by atoms with E-state index in [1.165, 1.54) is 18.4 Å². The van der Waals surface area contributed by atoms with Gasteiger partial charge < -0.3 is 19.5 Å². The Morgan fingerprint density at radius 1 is 1.43 bits per heavy atom. The summed E-state index contributed by atoms with van der Waals surface area (Å²) in [6.45, 7) is 4.94. The summed E-state index contributed by atoms with van der Waals surface area (Å²) in [5.41, 5.74) is -0.423. The maximum absolute atomic E-state index is 12.6. The van der Waals surface area contributed by atoms with Gasteiger partial charge in [-0.1, -0.05) is 5.16 Å². The van der Waals surface area contributed by atoms with Gasteiger partial charge in [-0.25, -0.2) is 0 Å². The molecule has 28 heavy (non-hydrogen) atoms. The van der Waals surface area contributed by atoms with Gasteiger partial charge in [0.15, 0.2) is 5.82 Å². The second-order valence-corrected chi connectivity index (χ2v) is 9.02. The maximum Gasteiger partial charge on any atom is 0.261 e.